The highest BCUT2D eigenvalue weighted by Gasteiger charge is 2.18. The number of nitrogens with zero attached hydrogens (tertiary/aromatic N) is 4. The summed E-state index contributed by atoms with van der Waals surface area (Å²) < 4.78 is 0. The summed E-state index contributed by atoms with van der Waals surface area (Å²) >= 11 is 1.32. The van der Waals surface area contributed by atoms with Crippen molar-refractivity contribution in [3.05, 3.63) is 33.1 Å². The average molecular weight is 280 g/mol. The Morgan fingerprint density at radius 2 is 2.26 bits per heavy atom. The zero-order chi connectivity index (χ0) is 14.0. The van der Waals surface area contributed by atoms with E-state index in [9.17, 15) is 10.1 Å². The van der Waals surface area contributed by atoms with Gasteiger partial charge < -0.3 is 5.73 Å². The van der Waals surface area contributed by atoms with Gasteiger partial charge in [-0.25, -0.2) is 5.10 Å². The van der Waals surface area contributed by atoms with Crippen LogP contribution in [0.2, 0.25) is 0 Å². The lowest BCUT2D eigenvalue weighted by Gasteiger charge is -2.06. The molecular weight excluding hydrogens is 268 g/mol. The zero-order valence-electron chi connectivity index (χ0n) is 10.4. The number of nitrogens with one attached hydrogen (secondary N) is 1. The second-order valence-electron chi connectivity index (χ2n) is 3.91. The fraction of sp³-hybridized carbons (Fsp3) is 0.300. The van der Waals surface area contributed by atoms with E-state index in [1.165, 1.54) is 18.0 Å². The minimum absolute atomic E-state index is 0.111. The predicted octanol–water partition coefficient (Wildman–Crippen LogP) is 1.60. The predicted molar refractivity (Wildman–Crippen MR) is 70.7 cm³/mol. The van der Waals surface area contributed by atoms with Gasteiger partial charge in [-0.1, -0.05) is 11.8 Å². The lowest BCUT2D eigenvalue weighted by molar-refractivity contribution is -0.386. The van der Waals surface area contributed by atoms with E-state index in [4.69, 9.17) is 5.73 Å². The van der Waals surface area contributed by atoms with Crippen LogP contribution in [-0.2, 0) is 5.75 Å². The molecule has 0 aliphatic heterocycles. The summed E-state index contributed by atoms with van der Waals surface area (Å²) in [6.45, 7) is 3.37. The second kappa shape index (κ2) is 5.22. The fourth-order valence-electron chi connectivity index (χ4n) is 1.65. The molecule has 0 aliphatic rings. The van der Waals surface area contributed by atoms with Gasteiger partial charge in [-0.3, -0.25) is 15.1 Å². The Morgan fingerprint density at radius 3 is 2.84 bits per heavy atom. The molecule has 0 saturated carbocycles. The first-order valence-electron chi connectivity index (χ1n) is 5.39. The molecule has 0 bridgehead atoms. The summed E-state index contributed by atoms with van der Waals surface area (Å²) in [4.78, 5) is 18.8. The van der Waals surface area contributed by atoms with Crippen molar-refractivity contribution < 1.29 is 4.92 Å². The van der Waals surface area contributed by atoms with Crippen molar-refractivity contribution in [2.24, 2.45) is 0 Å². The van der Waals surface area contributed by atoms with Crippen LogP contribution in [0.5, 0.6) is 0 Å². The molecule has 0 aliphatic carbocycles. The van der Waals surface area contributed by atoms with Gasteiger partial charge in [-0.2, -0.15) is 4.98 Å². The van der Waals surface area contributed by atoms with Gasteiger partial charge in [0.2, 0.25) is 11.1 Å². The minimum atomic E-state index is -0.384. The van der Waals surface area contributed by atoms with Crippen LogP contribution < -0.4 is 5.73 Å². The molecule has 0 spiro atoms. The molecule has 2 heterocycles. The van der Waals surface area contributed by atoms with E-state index in [0.29, 0.717) is 27.7 Å². The van der Waals surface area contributed by atoms with Gasteiger partial charge in [0.25, 0.3) is 5.69 Å². The van der Waals surface area contributed by atoms with Crippen LogP contribution >= 0.6 is 11.8 Å². The van der Waals surface area contributed by atoms with Crippen molar-refractivity contribution in [1.29, 1.82) is 0 Å². The number of thioether (sulfide) groups is 1. The average Bonchev–Trinajstić information content (AvgIpc) is 2.74. The van der Waals surface area contributed by atoms with Crippen molar-refractivity contribution in [1.82, 2.24) is 20.2 Å². The number of aromatic nitrogens is 4. The molecule has 8 nitrogen and oxygen atoms in total. The summed E-state index contributed by atoms with van der Waals surface area (Å²) in [5, 5.41) is 17.9. The first-order chi connectivity index (χ1) is 8.99. The smallest absolute Gasteiger partial charge is 0.278 e. The van der Waals surface area contributed by atoms with Crippen molar-refractivity contribution >= 4 is 23.4 Å². The largest absolute Gasteiger partial charge is 0.368 e. The molecule has 100 valence electrons. The summed E-state index contributed by atoms with van der Waals surface area (Å²) in [6.07, 6.45) is 1.51. The maximum atomic E-state index is 11.0. The summed E-state index contributed by atoms with van der Waals surface area (Å²) in [5.74, 6) is 0.687. The number of anilines is 1. The van der Waals surface area contributed by atoms with E-state index in [1.807, 2.05) is 0 Å². The number of hydrogen-bond donors (Lipinski definition) is 2. The SMILES string of the molecule is Cc1cnc(CSc2n[nH]c(N)n2)c(C)c1[N+](=O)[O-]. The van der Waals surface area contributed by atoms with E-state index < -0.39 is 0 Å². The third-order valence-electron chi connectivity index (χ3n) is 2.58. The van der Waals surface area contributed by atoms with Crippen LogP contribution in [0.4, 0.5) is 11.6 Å². The topological polar surface area (TPSA) is 124 Å². The molecule has 2 aromatic heterocycles. The molecule has 0 atom stereocenters. The van der Waals surface area contributed by atoms with Crippen LogP contribution in [-0.4, -0.2) is 25.1 Å². The molecule has 0 saturated heterocycles. The van der Waals surface area contributed by atoms with E-state index in [0.717, 1.165) is 0 Å². The van der Waals surface area contributed by atoms with E-state index in [1.54, 1.807) is 13.8 Å². The van der Waals surface area contributed by atoms with Crippen LogP contribution in [0.3, 0.4) is 0 Å². The van der Waals surface area contributed by atoms with Crippen LogP contribution in [0.1, 0.15) is 16.8 Å². The number of aryl methyl sites for hydroxylation is 1. The van der Waals surface area contributed by atoms with E-state index in [-0.39, 0.29) is 16.6 Å². The lowest BCUT2D eigenvalue weighted by Crippen LogP contribution is -2.01. The Labute approximate surface area is 113 Å². The van der Waals surface area contributed by atoms with Crippen molar-refractivity contribution in [2.75, 3.05) is 5.73 Å². The number of H-pyrrole nitrogens is 1. The maximum Gasteiger partial charge on any atom is 0.278 e. The highest BCUT2D eigenvalue weighted by molar-refractivity contribution is 7.98. The van der Waals surface area contributed by atoms with Gasteiger partial charge in [-0.05, 0) is 13.8 Å². The Kier molecular flexibility index (Phi) is 3.65. The highest BCUT2D eigenvalue weighted by Crippen LogP contribution is 2.27. The molecule has 0 radical (unpaired) electrons. The summed E-state index contributed by atoms with van der Waals surface area (Å²) in [6, 6.07) is 0. The molecule has 3 N–H and O–H groups in total. The lowest BCUT2D eigenvalue weighted by atomic mass is 10.1. The van der Waals surface area contributed by atoms with Gasteiger partial charge in [0.1, 0.15) is 0 Å². The number of nitrogens with two attached hydrogens (primary N) is 1. The maximum absolute atomic E-state index is 11.0. The van der Waals surface area contributed by atoms with Gasteiger partial charge in [-0.15, -0.1) is 5.10 Å². The normalized spacial score (nSPS) is 10.6. The van der Waals surface area contributed by atoms with Gasteiger partial charge in [0.05, 0.1) is 10.6 Å². The number of hydrogen-bond acceptors (Lipinski definition) is 7. The number of pyridine rings is 1. The number of rotatable bonds is 4. The first kappa shape index (κ1) is 13.3. The summed E-state index contributed by atoms with van der Waals surface area (Å²) in [5.41, 5.74) is 7.29. The van der Waals surface area contributed by atoms with Gasteiger partial charge in [0.15, 0.2) is 0 Å². The Hall–Kier alpha value is -2.16. The third kappa shape index (κ3) is 2.81. The Bertz CT molecular complexity index is 626. The third-order valence-corrected chi connectivity index (χ3v) is 3.44. The van der Waals surface area contributed by atoms with Gasteiger partial charge in [0, 0.05) is 23.1 Å². The molecule has 9 heteroatoms. The number of aromatic amines is 1. The Balaban J connectivity index is 2.21. The van der Waals surface area contributed by atoms with E-state index in [2.05, 4.69) is 20.2 Å². The molecule has 0 unspecified atom stereocenters. The molecule has 0 fully saturated rings. The summed E-state index contributed by atoms with van der Waals surface area (Å²) in [7, 11) is 0. The molecule has 2 aromatic rings. The zero-order valence-corrected chi connectivity index (χ0v) is 11.2. The molecule has 0 aromatic carbocycles. The molecule has 2 rings (SSSR count). The minimum Gasteiger partial charge on any atom is -0.368 e. The highest BCUT2D eigenvalue weighted by atomic mass is 32.2. The van der Waals surface area contributed by atoms with Crippen LogP contribution in [0.15, 0.2) is 11.4 Å². The fourth-order valence-corrected chi connectivity index (χ4v) is 2.48. The van der Waals surface area contributed by atoms with Crippen LogP contribution in [0, 0.1) is 24.0 Å². The quantitative estimate of drug-likeness (QED) is 0.495. The molecule has 19 heavy (non-hydrogen) atoms. The van der Waals surface area contributed by atoms with Gasteiger partial charge >= 0.3 is 0 Å². The Morgan fingerprint density at radius 1 is 1.53 bits per heavy atom. The van der Waals surface area contributed by atoms with Crippen molar-refractivity contribution in [2.45, 2.75) is 24.8 Å². The van der Waals surface area contributed by atoms with Crippen molar-refractivity contribution in [3.8, 4) is 0 Å². The second-order valence-corrected chi connectivity index (χ2v) is 4.85. The van der Waals surface area contributed by atoms with E-state index >= 15 is 0 Å². The first-order valence-corrected chi connectivity index (χ1v) is 6.37. The number of nitrogen functional groups attached to an aromatic ring is 1. The van der Waals surface area contributed by atoms with Crippen molar-refractivity contribution in [3.63, 3.8) is 0 Å². The standard InChI is InChI=1S/C10H12N6O2S/c1-5-3-12-7(6(2)8(5)16(17)18)4-19-10-13-9(11)14-15-10/h3H,4H2,1-2H3,(H3,11,13,14,15). The van der Waals surface area contributed by atoms with Crippen LogP contribution in [0.25, 0.3) is 0 Å². The molecule has 0 amide bonds. The number of nitro groups is 1. The molecular formula is C10H12N6O2S. The monoisotopic (exact) mass is 280 g/mol.